The summed E-state index contributed by atoms with van der Waals surface area (Å²) in [5.74, 6) is -0.833. The van der Waals surface area contributed by atoms with Crippen molar-refractivity contribution in [2.75, 3.05) is 19.3 Å². The van der Waals surface area contributed by atoms with Crippen molar-refractivity contribution in [3.05, 3.63) is 6.20 Å². The standard InChI is InChI=1S/C8H15N5O3S/c1-3-13-4-6(8(10)11-13)17(15,16)12(2)5-7(9)14/h4H,3,5H2,1-2H3,(H2,9,14)(H2,10,11). The van der Waals surface area contributed by atoms with Gasteiger partial charge in [-0.2, -0.15) is 9.40 Å². The molecule has 0 atom stereocenters. The molecule has 0 aliphatic carbocycles. The van der Waals surface area contributed by atoms with Gasteiger partial charge in [-0.25, -0.2) is 8.42 Å². The van der Waals surface area contributed by atoms with E-state index in [1.165, 1.54) is 17.9 Å². The van der Waals surface area contributed by atoms with Crippen LogP contribution in [0.2, 0.25) is 0 Å². The van der Waals surface area contributed by atoms with Gasteiger partial charge in [0.1, 0.15) is 4.90 Å². The Labute approximate surface area is 99.2 Å². The van der Waals surface area contributed by atoms with E-state index >= 15 is 0 Å². The summed E-state index contributed by atoms with van der Waals surface area (Å²) in [5.41, 5.74) is 10.5. The average Bonchev–Trinajstić information content (AvgIpc) is 2.59. The number of nitrogens with two attached hydrogens (primary N) is 2. The Balaban J connectivity index is 3.12. The predicted molar refractivity (Wildman–Crippen MR) is 61.3 cm³/mol. The van der Waals surface area contributed by atoms with E-state index in [1.54, 1.807) is 6.92 Å². The van der Waals surface area contributed by atoms with Gasteiger partial charge in [-0.1, -0.05) is 0 Å². The zero-order valence-electron chi connectivity index (χ0n) is 9.62. The van der Waals surface area contributed by atoms with Crippen molar-refractivity contribution in [2.45, 2.75) is 18.4 Å². The van der Waals surface area contributed by atoms with E-state index in [4.69, 9.17) is 11.5 Å². The minimum absolute atomic E-state index is 0.0943. The van der Waals surface area contributed by atoms with Crippen molar-refractivity contribution in [2.24, 2.45) is 5.73 Å². The highest BCUT2D eigenvalue weighted by Gasteiger charge is 2.26. The van der Waals surface area contributed by atoms with Crippen molar-refractivity contribution in [1.29, 1.82) is 0 Å². The Morgan fingerprint density at radius 2 is 2.18 bits per heavy atom. The Morgan fingerprint density at radius 1 is 1.59 bits per heavy atom. The third kappa shape index (κ3) is 2.74. The molecule has 0 radical (unpaired) electrons. The van der Waals surface area contributed by atoms with Crippen molar-refractivity contribution >= 4 is 21.7 Å². The fourth-order valence-electron chi connectivity index (χ4n) is 1.25. The lowest BCUT2D eigenvalue weighted by Gasteiger charge is -2.13. The first-order chi connectivity index (χ1) is 7.78. The van der Waals surface area contributed by atoms with Gasteiger partial charge >= 0.3 is 0 Å². The van der Waals surface area contributed by atoms with Gasteiger partial charge in [-0.15, -0.1) is 0 Å². The van der Waals surface area contributed by atoms with Crippen LogP contribution in [-0.4, -0.2) is 42.0 Å². The summed E-state index contributed by atoms with van der Waals surface area (Å²) < 4.78 is 26.2. The minimum atomic E-state index is -3.83. The van der Waals surface area contributed by atoms with Gasteiger partial charge in [0.15, 0.2) is 5.82 Å². The van der Waals surface area contributed by atoms with Crippen LogP contribution in [0.5, 0.6) is 0 Å². The van der Waals surface area contributed by atoms with Gasteiger partial charge in [-0.3, -0.25) is 9.48 Å². The maximum atomic E-state index is 12.0. The molecule has 1 aromatic rings. The second-order valence-corrected chi connectivity index (χ2v) is 5.47. The largest absolute Gasteiger partial charge is 0.381 e. The smallest absolute Gasteiger partial charge is 0.248 e. The van der Waals surface area contributed by atoms with Gasteiger partial charge in [0.05, 0.1) is 6.54 Å². The molecule has 17 heavy (non-hydrogen) atoms. The number of primary amides is 1. The Hall–Kier alpha value is -1.61. The second kappa shape index (κ2) is 4.72. The fourth-order valence-corrected chi connectivity index (χ4v) is 2.44. The number of hydrogen-bond acceptors (Lipinski definition) is 5. The third-order valence-electron chi connectivity index (χ3n) is 2.15. The van der Waals surface area contributed by atoms with Crippen molar-refractivity contribution in [1.82, 2.24) is 14.1 Å². The molecular formula is C8H15N5O3S. The molecule has 0 fully saturated rings. The highest BCUT2D eigenvalue weighted by Crippen LogP contribution is 2.19. The summed E-state index contributed by atoms with van der Waals surface area (Å²) >= 11 is 0. The maximum absolute atomic E-state index is 12.0. The van der Waals surface area contributed by atoms with Gasteiger partial charge in [0, 0.05) is 19.8 Å². The Morgan fingerprint density at radius 3 is 2.59 bits per heavy atom. The molecule has 4 N–H and O–H groups in total. The van der Waals surface area contributed by atoms with E-state index in [0.717, 1.165) is 4.31 Å². The van der Waals surface area contributed by atoms with Crippen molar-refractivity contribution in [3.63, 3.8) is 0 Å². The van der Waals surface area contributed by atoms with E-state index < -0.39 is 22.5 Å². The average molecular weight is 261 g/mol. The van der Waals surface area contributed by atoms with E-state index in [-0.39, 0.29) is 10.7 Å². The Bertz CT molecular complexity index is 521. The molecule has 0 unspecified atom stereocenters. The lowest BCUT2D eigenvalue weighted by Crippen LogP contribution is -2.35. The van der Waals surface area contributed by atoms with Crippen molar-refractivity contribution in [3.8, 4) is 0 Å². The predicted octanol–water partition coefficient (Wildman–Crippen LogP) is -1.41. The van der Waals surface area contributed by atoms with Crippen LogP contribution < -0.4 is 11.5 Å². The van der Waals surface area contributed by atoms with E-state index in [0.29, 0.717) is 6.54 Å². The number of amides is 1. The van der Waals surface area contributed by atoms with Crippen LogP contribution >= 0.6 is 0 Å². The summed E-state index contributed by atoms with van der Waals surface area (Å²) in [6, 6.07) is 0. The van der Waals surface area contributed by atoms with Crippen LogP contribution in [0.25, 0.3) is 0 Å². The Kier molecular flexibility index (Phi) is 3.73. The number of carbonyl (C=O) groups is 1. The number of nitrogens with zero attached hydrogens (tertiary/aromatic N) is 3. The van der Waals surface area contributed by atoms with Crippen LogP contribution in [0.15, 0.2) is 11.1 Å². The first-order valence-electron chi connectivity index (χ1n) is 4.86. The molecule has 0 saturated carbocycles. The molecule has 0 spiro atoms. The lowest BCUT2D eigenvalue weighted by atomic mass is 10.6. The molecule has 0 aliphatic rings. The zero-order chi connectivity index (χ0) is 13.2. The number of sulfonamides is 1. The van der Waals surface area contributed by atoms with E-state index in [1.807, 2.05) is 0 Å². The fraction of sp³-hybridized carbons (Fsp3) is 0.500. The van der Waals surface area contributed by atoms with Crippen LogP contribution in [0.4, 0.5) is 5.82 Å². The maximum Gasteiger partial charge on any atom is 0.248 e. The lowest BCUT2D eigenvalue weighted by molar-refractivity contribution is -0.118. The van der Waals surface area contributed by atoms with Crippen LogP contribution in [0.1, 0.15) is 6.92 Å². The molecule has 1 aromatic heterocycles. The molecule has 0 saturated heterocycles. The molecule has 1 amide bonds. The monoisotopic (exact) mass is 261 g/mol. The number of nitrogen functional groups attached to an aromatic ring is 1. The molecular weight excluding hydrogens is 246 g/mol. The minimum Gasteiger partial charge on any atom is -0.381 e. The highest BCUT2D eigenvalue weighted by atomic mass is 32.2. The van der Waals surface area contributed by atoms with E-state index in [9.17, 15) is 13.2 Å². The zero-order valence-corrected chi connectivity index (χ0v) is 10.4. The molecule has 1 rings (SSSR count). The molecule has 96 valence electrons. The summed E-state index contributed by atoms with van der Waals surface area (Å²) in [6.45, 7) is 1.90. The number of hydrogen-bond donors (Lipinski definition) is 2. The van der Waals surface area contributed by atoms with Crippen LogP contribution in [0.3, 0.4) is 0 Å². The van der Waals surface area contributed by atoms with E-state index in [2.05, 4.69) is 5.10 Å². The van der Waals surface area contributed by atoms with Gasteiger partial charge in [0.2, 0.25) is 15.9 Å². The SMILES string of the molecule is CCn1cc(S(=O)(=O)N(C)CC(N)=O)c(N)n1. The van der Waals surface area contributed by atoms with Gasteiger partial charge < -0.3 is 11.5 Å². The van der Waals surface area contributed by atoms with Crippen molar-refractivity contribution < 1.29 is 13.2 Å². The summed E-state index contributed by atoms with van der Waals surface area (Å²) in [6.07, 6.45) is 1.32. The number of carbonyl (C=O) groups excluding carboxylic acids is 1. The topological polar surface area (TPSA) is 124 Å². The number of likely N-dealkylation sites (N-methyl/N-ethyl adjacent to an activating group) is 1. The number of rotatable bonds is 5. The van der Waals surface area contributed by atoms with Gasteiger partial charge in [-0.05, 0) is 6.92 Å². The number of aryl methyl sites for hydroxylation is 1. The first kappa shape index (κ1) is 13.5. The van der Waals surface area contributed by atoms with Crippen LogP contribution in [0, 0.1) is 0 Å². The number of aromatic nitrogens is 2. The number of anilines is 1. The molecule has 0 aromatic carbocycles. The first-order valence-corrected chi connectivity index (χ1v) is 6.30. The molecule has 1 heterocycles. The molecule has 0 aliphatic heterocycles. The summed E-state index contributed by atoms with van der Waals surface area (Å²) in [4.78, 5) is 10.6. The highest BCUT2D eigenvalue weighted by molar-refractivity contribution is 7.89. The van der Waals surface area contributed by atoms with Crippen LogP contribution in [-0.2, 0) is 21.4 Å². The third-order valence-corrected chi connectivity index (χ3v) is 3.97. The molecule has 0 bridgehead atoms. The normalized spacial score (nSPS) is 11.9. The molecule has 8 nitrogen and oxygen atoms in total. The summed E-state index contributed by atoms with van der Waals surface area (Å²) in [7, 11) is -2.58. The van der Waals surface area contributed by atoms with Gasteiger partial charge in [0.25, 0.3) is 0 Å². The quantitative estimate of drug-likeness (QED) is 0.673. The second-order valence-electron chi connectivity index (χ2n) is 3.46. The summed E-state index contributed by atoms with van der Waals surface area (Å²) in [5, 5.41) is 3.83. The molecule has 9 heteroatoms.